The highest BCUT2D eigenvalue weighted by Gasteiger charge is 2.36. The zero-order chi connectivity index (χ0) is 28.8. The molecule has 0 radical (unpaired) electrons. The molecule has 0 bridgehead atoms. The number of morpholine rings is 1. The van der Waals surface area contributed by atoms with Crippen LogP contribution in [-0.2, 0) is 14.3 Å². The van der Waals surface area contributed by atoms with Crippen LogP contribution >= 0.6 is 0 Å². The molecule has 41 heavy (non-hydrogen) atoms. The minimum Gasteiger partial charge on any atom is -0.497 e. The lowest BCUT2D eigenvalue weighted by atomic mass is 9.97. The van der Waals surface area contributed by atoms with Crippen molar-refractivity contribution in [3.8, 4) is 11.5 Å². The fourth-order valence-corrected chi connectivity index (χ4v) is 5.91. The van der Waals surface area contributed by atoms with Crippen molar-refractivity contribution in [2.75, 3.05) is 60.2 Å². The summed E-state index contributed by atoms with van der Waals surface area (Å²) in [5.74, 6) is 0.616. The van der Waals surface area contributed by atoms with Gasteiger partial charge in [0.05, 0.1) is 39.2 Å². The molecule has 0 aromatic heterocycles. The molecule has 2 aromatic rings. The number of nitrogens with zero attached hydrogens (tertiary/aromatic N) is 4. The Labute approximate surface area is 240 Å². The van der Waals surface area contributed by atoms with Crippen LogP contribution in [0.15, 0.2) is 47.6 Å². The summed E-state index contributed by atoms with van der Waals surface area (Å²) in [6.45, 7) is 4.08. The van der Waals surface area contributed by atoms with E-state index in [1.54, 1.807) is 37.3 Å². The molecule has 1 saturated heterocycles. The normalized spacial score (nSPS) is 19.7. The van der Waals surface area contributed by atoms with Crippen LogP contribution in [0.3, 0.4) is 0 Å². The van der Waals surface area contributed by atoms with Gasteiger partial charge >= 0.3 is 0 Å². The molecule has 2 heterocycles. The predicted molar refractivity (Wildman–Crippen MR) is 152 cm³/mol. The van der Waals surface area contributed by atoms with Crippen LogP contribution in [0.4, 0.5) is 4.39 Å². The van der Waals surface area contributed by atoms with Crippen molar-refractivity contribution in [1.82, 2.24) is 14.8 Å². The van der Waals surface area contributed by atoms with Crippen molar-refractivity contribution in [2.24, 2.45) is 11.0 Å². The third kappa shape index (κ3) is 6.87. The van der Waals surface area contributed by atoms with Crippen LogP contribution < -0.4 is 9.47 Å². The smallest absolute Gasteiger partial charge is 0.262 e. The zero-order valence-corrected chi connectivity index (χ0v) is 23.9. The first-order valence-electron chi connectivity index (χ1n) is 14.4. The Balaban J connectivity index is 1.41. The van der Waals surface area contributed by atoms with Crippen LogP contribution in [-0.4, -0.2) is 92.5 Å². The molecular formula is C31H39FN4O5. The van der Waals surface area contributed by atoms with Crippen LogP contribution in [0.25, 0.3) is 0 Å². The number of halogens is 1. The van der Waals surface area contributed by atoms with Gasteiger partial charge in [-0.25, -0.2) is 9.40 Å². The van der Waals surface area contributed by atoms with E-state index in [-0.39, 0.29) is 30.1 Å². The fraction of sp³-hybridized carbons (Fsp3) is 0.516. The maximum Gasteiger partial charge on any atom is 0.262 e. The lowest BCUT2D eigenvalue weighted by Crippen LogP contribution is -2.47. The Morgan fingerprint density at radius 2 is 1.78 bits per heavy atom. The van der Waals surface area contributed by atoms with E-state index in [1.165, 1.54) is 17.1 Å². The SMILES string of the molecule is COc1ccc(C2=NN(C(=O)CN(CCN3CCOCC3)C(=O)C3CCCC3)C(c3ccc(F)cc3)C2)c(OC)c1. The summed E-state index contributed by atoms with van der Waals surface area (Å²) in [4.78, 5) is 31.6. The Bertz CT molecular complexity index is 1240. The molecule has 1 unspecified atom stereocenters. The maximum absolute atomic E-state index is 14.0. The van der Waals surface area contributed by atoms with Crippen molar-refractivity contribution in [2.45, 2.75) is 38.1 Å². The number of amides is 2. The van der Waals surface area contributed by atoms with E-state index >= 15 is 0 Å². The number of ether oxygens (including phenoxy) is 3. The monoisotopic (exact) mass is 566 g/mol. The summed E-state index contributed by atoms with van der Waals surface area (Å²) in [6, 6.07) is 11.2. The molecule has 2 amide bonds. The third-order valence-electron chi connectivity index (χ3n) is 8.27. The summed E-state index contributed by atoms with van der Waals surface area (Å²) in [5, 5.41) is 6.25. The van der Waals surface area contributed by atoms with Gasteiger partial charge in [0.25, 0.3) is 5.91 Å². The zero-order valence-electron chi connectivity index (χ0n) is 23.9. The van der Waals surface area contributed by atoms with E-state index in [0.29, 0.717) is 49.9 Å². The lowest BCUT2D eigenvalue weighted by Gasteiger charge is -2.32. The van der Waals surface area contributed by atoms with Gasteiger partial charge in [0.15, 0.2) is 0 Å². The molecule has 1 atom stereocenters. The van der Waals surface area contributed by atoms with Crippen molar-refractivity contribution in [1.29, 1.82) is 0 Å². The van der Waals surface area contributed by atoms with E-state index < -0.39 is 6.04 Å². The number of hydrogen-bond donors (Lipinski definition) is 0. The molecule has 10 heteroatoms. The number of carbonyl (C=O) groups excluding carboxylic acids is 2. The van der Waals surface area contributed by atoms with Crippen molar-refractivity contribution >= 4 is 17.5 Å². The highest BCUT2D eigenvalue weighted by Crippen LogP contribution is 2.36. The second kappa shape index (κ2) is 13.4. The van der Waals surface area contributed by atoms with Gasteiger partial charge in [-0.3, -0.25) is 14.5 Å². The van der Waals surface area contributed by atoms with E-state index in [0.717, 1.165) is 49.9 Å². The van der Waals surface area contributed by atoms with Gasteiger partial charge in [-0.05, 0) is 42.7 Å². The average molecular weight is 567 g/mol. The van der Waals surface area contributed by atoms with Gasteiger partial charge in [0, 0.05) is 50.1 Å². The molecule has 2 aromatic carbocycles. The Morgan fingerprint density at radius 3 is 2.46 bits per heavy atom. The standard InChI is InChI=1S/C31H39FN4O5/c1-39-25-11-12-26(29(19-25)40-2)27-20-28(22-7-9-24(32)10-8-22)36(33-27)30(37)21-35(31(38)23-5-3-4-6-23)14-13-34-15-17-41-18-16-34/h7-12,19,23,28H,3-6,13-18,20-21H2,1-2H3. The number of benzene rings is 2. The molecule has 2 aliphatic heterocycles. The minimum absolute atomic E-state index is 0.0402. The van der Waals surface area contributed by atoms with Gasteiger partial charge in [-0.15, -0.1) is 0 Å². The summed E-state index contributed by atoms with van der Waals surface area (Å²) in [6.07, 6.45) is 4.23. The Hall–Kier alpha value is -3.50. The number of methoxy groups -OCH3 is 2. The highest BCUT2D eigenvalue weighted by molar-refractivity contribution is 6.05. The van der Waals surface area contributed by atoms with Gasteiger partial charge in [-0.1, -0.05) is 25.0 Å². The first kappa shape index (κ1) is 29.0. The van der Waals surface area contributed by atoms with Gasteiger partial charge in [-0.2, -0.15) is 5.10 Å². The number of hydrazone groups is 1. The molecule has 0 spiro atoms. The van der Waals surface area contributed by atoms with Crippen molar-refractivity contribution in [3.63, 3.8) is 0 Å². The molecule has 1 aliphatic carbocycles. The number of rotatable bonds is 10. The molecule has 9 nitrogen and oxygen atoms in total. The topological polar surface area (TPSA) is 83.9 Å². The van der Waals surface area contributed by atoms with E-state index in [9.17, 15) is 14.0 Å². The lowest BCUT2D eigenvalue weighted by molar-refractivity contribution is -0.144. The molecule has 1 saturated carbocycles. The van der Waals surface area contributed by atoms with Crippen LogP contribution in [0, 0.1) is 11.7 Å². The molecule has 3 aliphatic rings. The average Bonchev–Trinajstić information content (AvgIpc) is 3.71. The van der Waals surface area contributed by atoms with E-state index in [2.05, 4.69) is 4.90 Å². The van der Waals surface area contributed by atoms with Gasteiger partial charge in [0.1, 0.15) is 23.9 Å². The molecule has 220 valence electrons. The number of hydrogen-bond acceptors (Lipinski definition) is 7. The summed E-state index contributed by atoms with van der Waals surface area (Å²) < 4.78 is 30.2. The predicted octanol–water partition coefficient (Wildman–Crippen LogP) is 3.87. The van der Waals surface area contributed by atoms with Crippen LogP contribution in [0.1, 0.15) is 49.3 Å². The fourth-order valence-electron chi connectivity index (χ4n) is 5.91. The number of carbonyl (C=O) groups is 2. The summed E-state index contributed by atoms with van der Waals surface area (Å²) in [5.41, 5.74) is 2.20. The summed E-state index contributed by atoms with van der Waals surface area (Å²) in [7, 11) is 3.17. The van der Waals surface area contributed by atoms with Gasteiger partial charge in [0.2, 0.25) is 5.91 Å². The minimum atomic E-state index is -0.437. The largest absolute Gasteiger partial charge is 0.497 e. The van der Waals surface area contributed by atoms with Crippen LogP contribution in [0.2, 0.25) is 0 Å². The second-order valence-corrected chi connectivity index (χ2v) is 10.8. The second-order valence-electron chi connectivity index (χ2n) is 10.8. The highest BCUT2D eigenvalue weighted by atomic mass is 19.1. The van der Waals surface area contributed by atoms with Crippen molar-refractivity contribution in [3.05, 3.63) is 59.4 Å². The van der Waals surface area contributed by atoms with Crippen LogP contribution in [0.5, 0.6) is 11.5 Å². The first-order chi connectivity index (χ1) is 20.0. The first-order valence-corrected chi connectivity index (χ1v) is 14.4. The van der Waals surface area contributed by atoms with E-state index in [4.69, 9.17) is 19.3 Å². The maximum atomic E-state index is 14.0. The Kier molecular flexibility index (Phi) is 9.51. The van der Waals surface area contributed by atoms with E-state index in [1.807, 2.05) is 12.1 Å². The molecule has 2 fully saturated rings. The van der Waals surface area contributed by atoms with Gasteiger partial charge < -0.3 is 19.1 Å². The molecule has 5 rings (SSSR count). The third-order valence-corrected chi connectivity index (χ3v) is 8.27. The van der Waals surface area contributed by atoms with Crippen molar-refractivity contribution < 1.29 is 28.2 Å². The quantitative estimate of drug-likeness (QED) is 0.434. The Morgan fingerprint density at radius 1 is 1.05 bits per heavy atom. The molecular weight excluding hydrogens is 527 g/mol. The summed E-state index contributed by atoms with van der Waals surface area (Å²) >= 11 is 0. The molecule has 0 N–H and O–H groups in total.